The summed E-state index contributed by atoms with van der Waals surface area (Å²) >= 11 is 1.70. The largest absolute Gasteiger partial charge is 0.496 e. The van der Waals surface area contributed by atoms with Crippen LogP contribution in [0.4, 0.5) is 13.2 Å². The topological polar surface area (TPSA) is 74.2 Å². The van der Waals surface area contributed by atoms with E-state index in [2.05, 4.69) is 14.6 Å². The van der Waals surface area contributed by atoms with Gasteiger partial charge in [0.05, 0.1) is 12.7 Å². The van der Waals surface area contributed by atoms with Gasteiger partial charge in [-0.3, -0.25) is 18.9 Å². The molecule has 0 aliphatic carbocycles. The molecule has 0 bridgehead atoms. The van der Waals surface area contributed by atoms with Crippen molar-refractivity contribution in [2.45, 2.75) is 37.9 Å². The lowest BCUT2D eigenvalue weighted by Gasteiger charge is -2.34. The monoisotopic (exact) mass is 548 g/mol. The summed E-state index contributed by atoms with van der Waals surface area (Å²) in [5, 5.41) is 2.70. The fourth-order valence-corrected chi connectivity index (χ4v) is 5.72. The number of benzene rings is 2. The quantitative estimate of drug-likeness (QED) is 0.522. The molecule has 7 nitrogen and oxygen atoms in total. The lowest BCUT2D eigenvalue weighted by atomic mass is 9.89. The SMILES string of the molecule is COc1ccc(C2=NC3(CCN(SCCc4ccc(C(=O)N(C)C)cc4C)CC3)C(=O)N2)cc1C(F)(F)F. The van der Waals surface area contributed by atoms with E-state index in [1.165, 1.54) is 24.8 Å². The van der Waals surface area contributed by atoms with Crippen molar-refractivity contribution in [3.8, 4) is 5.75 Å². The molecule has 2 aliphatic heterocycles. The Morgan fingerprint density at radius 1 is 1.18 bits per heavy atom. The Morgan fingerprint density at radius 3 is 2.50 bits per heavy atom. The normalized spacial score (nSPS) is 17.3. The van der Waals surface area contributed by atoms with Crippen molar-refractivity contribution in [1.29, 1.82) is 0 Å². The van der Waals surface area contributed by atoms with Crippen molar-refractivity contribution in [2.75, 3.05) is 40.0 Å². The van der Waals surface area contributed by atoms with Gasteiger partial charge in [0.15, 0.2) is 0 Å². The Kier molecular flexibility index (Phi) is 8.08. The van der Waals surface area contributed by atoms with Gasteiger partial charge in [-0.25, -0.2) is 0 Å². The zero-order valence-corrected chi connectivity index (χ0v) is 22.6. The summed E-state index contributed by atoms with van der Waals surface area (Å²) in [5.74, 6) is 0.437. The number of carbonyl (C=O) groups is 2. The lowest BCUT2D eigenvalue weighted by Crippen LogP contribution is -2.47. The molecule has 0 saturated carbocycles. The maximum atomic E-state index is 13.5. The van der Waals surface area contributed by atoms with Crippen LogP contribution in [0.25, 0.3) is 0 Å². The molecule has 1 saturated heterocycles. The summed E-state index contributed by atoms with van der Waals surface area (Å²) in [4.78, 5) is 31.2. The molecule has 1 fully saturated rings. The first-order valence-corrected chi connectivity index (χ1v) is 13.2. The maximum absolute atomic E-state index is 13.5. The van der Waals surface area contributed by atoms with Crippen LogP contribution in [0.2, 0.25) is 0 Å². The number of amidine groups is 1. The average molecular weight is 549 g/mol. The molecule has 0 aromatic heterocycles. The zero-order valence-electron chi connectivity index (χ0n) is 21.8. The number of ether oxygens (including phenoxy) is 1. The van der Waals surface area contributed by atoms with Gasteiger partial charge in [0.25, 0.3) is 11.8 Å². The Morgan fingerprint density at radius 2 is 1.89 bits per heavy atom. The highest BCUT2D eigenvalue weighted by Crippen LogP contribution is 2.38. The predicted molar refractivity (Wildman–Crippen MR) is 142 cm³/mol. The zero-order chi connectivity index (χ0) is 27.7. The fourth-order valence-electron chi connectivity index (χ4n) is 4.71. The van der Waals surface area contributed by atoms with Crippen molar-refractivity contribution in [2.24, 2.45) is 4.99 Å². The summed E-state index contributed by atoms with van der Waals surface area (Å²) in [6.07, 6.45) is -2.78. The molecule has 2 aromatic rings. The first-order valence-electron chi connectivity index (χ1n) is 12.3. The summed E-state index contributed by atoms with van der Waals surface area (Å²) in [7, 11) is 4.65. The summed E-state index contributed by atoms with van der Waals surface area (Å²) in [6.45, 7) is 3.28. The first kappa shape index (κ1) is 28.0. The van der Waals surface area contributed by atoms with Gasteiger partial charge in [-0.1, -0.05) is 18.0 Å². The van der Waals surface area contributed by atoms with Gasteiger partial charge >= 0.3 is 6.18 Å². The third-order valence-corrected chi connectivity index (χ3v) is 8.07. The van der Waals surface area contributed by atoms with Gasteiger partial charge in [0.1, 0.15) is 17.1 Å². The first-order chi connectivity index (χ1) is 17.9. The van der Waals surface area contributed by atoms with Gasteiger partial charge in [-0.05, 0) is 67.6 Å². The van der Waals surface area contributed by atoms with Crippen LogP contribution in [0.15, 0.2) is 41.4 Å². The summed E-state index contributed by atoms with van der Waals surface area (Å²) in [6, 6.07) is 9.46. The molecule has 38 heavy (non-hydrogen) atoms. The van der Waals surface area contributed by atoms with E-state index in [1.807, 2.05) is 25.1 Å². The number of aliphatic imine (C=N–C) groups is 1. The van der Waals surface area contributed by atoms with Crippen LogP contribution in [0.5, 0.6) is 5.75 Å². The van der Waals surface area contributed by atoms with E-state index in [4.69, 9.17) is 4.74 Å². The Bertz CT molecular complexity index is 1250. The molecule has 1 spiro atoms. The number of piperidine rings is 1. The van der Waals surface area contributed by atoms with E-state index in [0.29, 0.717) is 31.5 Å². The second-order valence-corrected chi connectivity index (χ2v) is 10.9. The van der Waals surface area contributed by atoms with Crippen LogP contribution in [0.3, 0.4) is 0 Å². The third-order valence-electron chi connectivity index (χ3n) is 6.95. The van der Waals surface area contributed by atoms with Crippen molar-refractivity contribution in [1.82, 2.24) is 14.5 Å². The molecular formula is C27H31F3N4O3S. The minimum atomic E-state index is -4.59. The highest BCUT2D eigenvalue weighted by molar-refractivity contribution is 7.97. The fraction of sp³-hybridized carbons (Fsp3) is 0.444. The molecule has 0 unspecified atom stereocenters. The molecule has 2 amide bonds. The van der Waals surface area contributed by atoms with Crippen LogP contribution in [0, 0.1) is 6.92 Å². The maximum Gasteiger partial charge on any atom is 0.419 e. The number of methoxy groups -OCH3 is 1. The predicted octanol–water partition coefficient (Wildman–Crippen LogP) is 4.33. The summed E-state index contributed by atoms with van der Waals surface area (Å²) in [5.41, 5.74) is 1.26. The molecule has 0 radical (unpaired) electrons. The molecule has 0 atom stereocenters. The number of aryl methyl sites for hydroxylation is 2. The van der Waals surface area contributed by atoms with Crippen molar-refractivity contribution >= 4 is 29.6 Å². The van der Waals surface area contributed by atoms with Crippen molar-refractivity contribution < 1.29 is 27.5 Å². The Labute approximate surface area is 224 Å². The van der Waals surface area contributed by atoms with Crippen molar-refractivity contribution in [3.63, 3.8) is 0 Å². The molecule has 11 heteroatoms. The van der Waals surface area contributed by atoms with Crippen LogP contribution >= 0.6 is 11.9 Å². The number of nitrogens with zero attached hydrogens (tertiary/aromatic N) is 3. The minimum Gasteiger partial charge on any atom is -0.496 e. The molecular weight excluding hydrogens is 517 g/mol. The Hall–Kier alpha value is -3.05. The van der Waals surface area contributed by atoms with Crippen molar-refractivity contribution in [3.05, 3.63) is 64.2 Å². The van der Waals surface area contributed by atoms with E-state index in [-0.39, 0.29) is 29.0 Å². The molecule has 2 heterocycles. The Balaban J connectivity index is 1.35. The van der Waals surface area contributed by atoms with Gasteiger partial charge in [0.2, 0.25) is 0 Å². The molecule has 2 aliphatic rings. The number of rotatable bonds is 7. The van der Waals surface area contributed by atoms with E-state index in [9.17, 15) is 22.8 Å². The number of alkyl halides is 3. The van der Waals surface area contributed by atoms with Crippen LogP contribution in [0.1, 0.15) is 45.5 Å². The van der Waals surface area contributed by atoms with Crippen LogP contribution in [-0.2, 0) is 17.4 Å². The van der Waals surface area contributed by atoms with E-state index < -0.39 is 17.3 Å². The molecule has 4 rings (SSSR count). The number of amides is 2. The standard InChI is InChI=1S/C27H31F3N4O3S/c1-17-15-20(24(35)33(2)3)6-5-18(17)9-14-38-34-12-10-26(11-13-34)25(36)31-23(32-26)19-7-8-22(37-4)21(16-19)27(28,29)30/h5-8,15-16H,9-14H2,1-4H3,(H,31,32,36). The van der Waals surface area contributed by atoms with Gasteiger partial charge in [-0.15, -0.1) is 0 Å². The second-order valence-electron chi connectivity index (χ2n) is 9.71. The van der Waals surface area contributed by atoms with Gasteiger partial charge in [0, 0.05) is 44.1 Å². The number of nitrogens with one attached hydrogen (secondary N) is 1. The van der Waals surface area contributed by atoms with Gasteiger partial charge < -0.3 is 15.0 Å². The summed E-state index contributed by atoms with van der Waals surface area (Å²) < 4.78 is 47.4. The number of halogens is 3. The van der Waals surface area contributed by atoms with Gasteiger partial charge in [-0.2, -0.15) is 13.2 Å². The van der Waals surface area contributed by atoms with Crippen LogP contribution < -0.4 is 10.1 Å². The van der Waals surface area contributed by atoms with E-state index >= 15 is 0 Å². The smallest absolute Gasteiger partial charge is 0.419 e. The van der Waals surface area contributed by atoms with E-state index in [1.54, 1.807) is 30.9 Å². The van der Waals surface area contributed by atoms with Crippen LogP contribution in [-0.4, -0.2) is 72.4 Å². The highest BCUT2D eigenvalue weighted by Gasteiger charge is 2.46. The highest BCUT2D eigenvalue weighted by atomic mass is 32.2. The lowest BCUT2D eigenvalue weighted by molar-refractivity contribution is -0.138. The molecule has 204 valence electrons. The minimum absolute atomic E-state index is 0.0224. The molecule has 1 N–H and O–H groups in total. The number of carbonyl (C=O) groups excluding carboxylic acids is 2. The second kappa shape index (κ2) is 11.0. The number of hydrogen-bond donors (Lipinski definition) is 1. The number of hydrogen-bond acceptors (Lipinski definition) is 6. The average Bonchev–Trinajstić information content (AvgIpc) is 3.20. The third kappa shape index (κ3) is 5.83. The van der Waals surface area contributed by atoms with E-state index in [0.717, 1.165) is 23.8 Å². The molecule has 2 aromatic carbocycles.